The number of nitrogens with zero attached hydrogens (tertiary/aromatic N) is 2. The van der Waals surface area contributed by atoms with Crippen LogP contribution < -0.4 is 5.32 Å². The van der Waals surface area contributed by atoms with E-state index < -0.39 is 0 Å². The second-order valence-electron chi connectivity index (χ2n) is 4.22. The van der Waals surface area contributed by atoms with Gasteiger partial charge in [-0.3, -0.25) is 4.68 Å². The summed E-state index contributed by atoms with van der Waals surface area (Å²) in [5.41, 5.74) is 1.08. The third-order valence-corrected chi connectivity index (χ3v) is 2.27. The smallest absolute Gasteiger partial charge is 0.150 e. The van der Waals surface area contributed by atoms with Gasteiger partial charge in [0.15, 0.2) is 5.82 Å². The van der Waals surface area contributed by atoms with E-state index in [2.05, 4.69) is 24.3 Å². The lowest BCUT2D eigenvalue weighted by Gasteiger charge is -2.06. The van der Waals surface area contributed by atoms with Crippen LogP contribution in [0.3, 0.4) is 0 Å². The Bertz CT molecular complexity index is 299. The van der Waals surface area contributed by atoms with Gasteiger partial charge in [0.1, 0.15) is 6.67 Å². The Labute approximate surface area is 103 Å². The molecular formula is C11H21ClFN3. The summed E-state index contributed by atoms with van der Waals surface area (Å²) in [5, 5.41) is 7.53. The molecule has 0 aliphatic heterocycles. The van der Waals surface area contributed by atoms with E-state index in [0.29, 0.717) is 12.5 Å². The van der Waals surface area contributed by atoms with E-state index in [4.69, 9.17) is 0 Å². The first-order chi connectivity index (χ1) is 7.13. The van der Waals surface area contributed by atoms with Gasteiger partial charge < -0.3 is 5.32 Å². The van der Waals surface area contributed by atoms with Crippen LogP contribution in [-0.4, -0.2) is 23.0 Å². The number of anilines is 1. The van der Waals surface area contributed by atoms with Crippen molar-refractivity contribution >= 4 is 18.2 Å². The van der Waals surface area contributed by atoms with Gasteiger partial charge in [0.25, 0.3) is 0 Å². The number of aromatic nitrogens is 2. The maximum Gasteiger partial charge on any atom is 0.150 e. The lowest BCUT2D eigenvalue weighted by Crippen LogP contribution is -2.07. The molecule has 94 valence electrons. The minimum atomic E-state index is -0.368. The largest absolute Gasteiger partial charge is 0.368 e. The monoisotopic (exact) mass is 249 g/mol. The van der Waals surface area contributed by atoms with Gasteiger partial charge in [0.2, 0.25) is 0 Å². The zero-order valence-electron chi connectivity index (χ0n) is 10.2. The highest BCUT2D eigenvalue weighted by Gasteiger charge is 2.04. The van der Waals surface area contributed by atoms with Crippen LogP contribution in [0.4, 0.5) is 10.2 Å². The van der Waals surface area contributed by atoms with Crippen molar-refractivity contribution in [3.05, 3.63) is 11.8 Å². The molecule has 0 aliphatic carbocycles. The molecule has 1 rings (SSSR count). The first-order valence-electron chi connectivity index (χ1n) is 5.47. The second-order valence-corrected chi connectivity index (χ2v) is 4.22. The van der Waals surface area contributed by atoms with Gasteiger partial charge in [-0.1, -0.05) is 13.8 Å². The molecule has 0 spiro atoms. The van der Waals surface area contributed by atoms with E-state index in [1.807, 2.05) is 13.1 Å². The lowest BCUT2D eigenvalue weighted by atomic mass is 10.1. The number of aryl methyl sites for hydroxylation is 2. The first-order valence-corrected chi connectivity index (χ1v) is 5.47. The van der Waals surface area contributed by atoms with Crippen molar-refractivity contribution in [2.24, 2.45) is 5.92 Å². The molecule has 1 heterocycles. The Hall–Kier alpha value is -0.770. The molecular weight excluding hydrogens is 229 g/mol. The average molecular weight is 250 g/mol. The number of nitrogens with one attached hydrogen (secondary N) is 1. The van der Waals surface area contributed by atoms with Crippen LogP contribution >= 0.6 is 12.4 Å². The van der Waals surface area contributed by atoms with Gasteiger partial charge in [0, 0.05) is 18.3 Å². The summed E-state index contributed by atoms with van der Waals surface area (Å²) in [7, 11) is 0. The summed E-state index contributed by atoms with van der Waals surface area (Å²) < 4.78 is 13.7. The molecule has 0 aliphatic rings. The van der Waals surface area contributed by atoms with Crippen molar-refractivity contribution in [2.75, 3.05) is 18.5 Å². The topological polar surface area (TPSA) is 29.9 Å². The van der Waals surface area contributed by atoms with Crippen LogP contribution in [0.5, 0.6) is 0 Å². The fourth-order valence-electron chi connectivity index (χ4n) is 1.38. The van der Waals surface area contributed by atoms with Crippen molar-refractivity contribution in [3.8, 4) is 0 Å². The molecule has 1 aromatic rings. The van der Waals surface area contributed by atoms with E-state index in [1.165, 1.54) is 0 Å². The number of hydrogen-bond donors (Lipinski definition) is 1. The number of alkyl halides is 1. The van der Waals surface area contributed by atoms with Crippen LogP contribution in [0, 0.1) is 12.8 Å². The van der Waals surface area contributed by atoms with Gasteiger partial charge in [-0.25, -0.2) is 4.39 Å². The van der Waals surface area contributed by atoms with Gasteiger partial charge in [-0.05, 0) is 19.3 Å². The molecule has 0 atom stereocenters. The molecule has 0 saturated carbocycles. The molecule has 0 bridgehead atoms. The van der Waals surface area contributed by atoms with Crippen molar-refractivity contribution in [1.29, 1.82) is 0 Å². The van der Waals surface area contributed by atoms with E-state index in [0.717, 1.165) is 24.3 Å². The lowest BCUT2D eigenvalue weighted by molar-refractivity contribution is 0.427. The van der Waals surface area contributed by atoms with E-state index in [9.17, 15) is 4.39 Å². The first kappa shape index (κ1) is 15.2. The maximum atomic E-state index is 12.1. The summed E-state index contributed by atoms with van der Waals surface area (Å²) in [4.78, 5) is 0. The summed E-state index contributed by atoms with van der Waals surface area (Å²) >= 11 is 0. The van der Waals surface area contributed by atoms with Crippen molar-refractivity contribution in [2.45, 2.75) is 33.7 Å². The normalized spacial score (nSPS) is 10.3. The molecule has 0 unspecified atom stereocenters. The van der Waals surface area contributed by atoms with Crippen molar-refractivity contribution < 1.29 is 4.39 Å². The third kappa shape index (κ3) is 4.84. The predicted octanol–water partition coefficient (Wildman–Crippen LogP) is 3.04. The Morgan fingerprint density at radius 1 is 1.50 bits per heavy atom. The van der Waals surface area contributed by atoms with Crippen LogP contribution in [0.1, 0.15) is 25.8 Å². The molecule has 0 aromatic carbocycles. The van der Waals surface area contributed by atoms with Crippen LogP contribution in [0.25, 0.3) is 0 Å². The van der Waals surface area contributed by atoms with Gasteiger partial charge in [-0.15, -0.1) is 12.4 Å². The second kappa shape index (κ2) is 7.49. The van der Waals surface area contributed by atoms with Gasteiger partial charge in [-0.2, -0.15) is 5.10 Å². The van der Waals surface area contributed by atoms with E-state index in [-0.39, 0.29) is 19.1 Å². The molecule has 3 nitrogen and oxygen atoms in total. The van der Waals surface area contributed by atoms with Crippen LogP contribution in [0.15, 0.2) is 6.20 Å². The van der Waals surface area contributed by atoms with Gasteiger partial charge in [0.05, 0.1) is 6.54 Å². The summed E-state index contributed by atoms with van der Waals surface area (Å²) in [6, 6.07) is 0. The quantitative estimate of drug-likeness (QED) is 0.840. The number of hydrogen-bond acceptors (Lipinski definition) is 2. The number of rotatable bonds is 6. The molecule has 16 heavy (non-hydrogen) atoms. The fraction of sp³-hybridized carbons (Fsp3) is 0.727. The fourth-order valence-corrected chi connectivity index (χ4v) is 1.38. The highest BCUT2D eigenvalue weighted by atomic mass is 35.5. The molecule has 0 amide bonds. The van der Waals surface area contributed by atoms with Gasteiger partial charge >= 0.3 is 0 Å². The zero-order chi connectivity index (χ0) is 11.3. The summed E-state index contributed by atoms with van der Waals surface area (Å²) in [6.45, 7) is 7.26. The molecule has 5 heteroatoms. The van der Waals surface area contributed by atoms with E-state index >= 15 is 0 Å². The maximum absolute atomic E-state index is 12.1. The molecule has 0 radical (unpaired) electrons. The van der Waals surface area contributed by atoms with E-state index in [1.54, 1.807) is 4.68 Å². The summed E-state index contributed by atoms with van der Waals surface area (Å²) in [6.07, 6.45) is 2.99. The zero-order valence-corrected chi connectivity index (χ0v) is 11.0. The summed E-state index contributed by atoms with van der Waals surface area (Å²) in [5.74, 6) is 1.56. The van der Waals surface area contributed by atoms with Crippen LogP contribution in [0.2, 0.25) is 0 Å². The SMILES string of the molecule is Cc1cn(CCF)nc1NCCC(C)C.Cl. The van der Waals surface area contributed by atoms with Crippen LogP contribution in [-0.2, 0) is 6.54 Å². The molecule has 1 N–H and O–H groups in total. The minimum Gasteiger partial charge on any atom is -0.368 e. The average Bonchev–Trinajstić information content (AvgIpc) is 2.47. The minimum absolute atomic E-state index is 0. The van der Waals surface area contributed by atoms with Crippen molar-refractivity contribution in [3.63, 3.8) is 0 Å². The molecule has 1 aromatic heterocycles. The highest BCUT2D eigenvalue weighted by Crippen LogP contribution is 2.11. The Balaban J connectivity index is 0.00000225. The standard InChI is InChI=1S/C11H20FN3.ClH/c1-9(2)4-6-13-11-10(3)8-15(14-11)7-5-12;/h8-9H,4-7H2,1-3H3,(H,13,14);1H. The number of halogens is 2. The Morgan fingerprint density at radius 3 is 2.75 bits per heavy atom. The molecule has 0 saturated heterocycles. The Kier molecular flexibility index (Phi) is 7.13. The Morgan fingerprint density at radius 2 is 2.19 bits per heavy atom. The third-order valence-electron chi connectivity index (χ3n) is 2.27. The van der Waals surface area contributed by atoms with Crippen molar-refractivity contribution in [1.82, 2.24) is 9.78 Å². The molecule has 0 fully saturated rings. The predicted molar refractivity (Wildman–Crippen MR) is 68.1 cm³/mol. The highest BCUT2D eigenvalue weighted by molar-refractivity contribution is 5.85.